The lowest BCUT2D eigenvalue weighted by molar-refractivity contribution is -0.122. The lowest BCUT2D eigenvalue weighted by Gasteiger charge is -2.30. The number of amides is 1. The lowest BCUT2D eigenvalue weighted by atomic mass is 10.1. The lowest BCUT2D eigenvalue weighted by Crippen LogP contribution is -2.44. The number of ether oxygens (including phenoxy) is 1. The number of carbonyl (C=O) groups excluding carboxylic acids is 1. The van der Waals surface area contributed by atoms with E-state index in [9.17, 15) is 4.79 Å². The molecule has 0 aromatic rings. The summed E-state index contributed by atoms with van der Waals surface area (Å²) in [6.07, 6.45) is 2.78. The largest absolute Gasteiger partial charge is 0.379 e. The molecule has 5 heteroatoms. The molecule has 0 unspecified atom stereocenters. The maximum Gasteiger partial charge on any atom is 0.221 e. The van der Waals surface area contributed by atoms with Gasteiger partial charge in [0.25, 0.3) is 0 Å². The van der Waals surface area contributed by atoms with Crippen LogP contribution in [0.4, 0.5) is 0 Å². The second kappa shape index (κ2) is 7.07. The fraction of sp³-hybridized carbons (Fsp3) is 0.923. The van der Waals surface area contributed by atoms with Gasteiger partial charge in [-0.25, -0.2) is 0 Å². The molecule has 2 saturated heterocycles. The second-order valence-electron chi connectivity index (χ2n) is 5.35. The molecule has 104 valence electrons. The minimum Gasteiger partial charge on any atom is -0.379 e. The highest BCUT2D eigenvalue weighted by atomic mass is 16.5. The number of hydrogen-bond acceptors (Lipinski definition) is 4. The molecule has 2 fully saturated rings. The maximum atomic E-state index is 11.9. The molecule has 18 heavy (non-hydrogen) atoms. The summed E-state index contributed by atoms with van der Waals surface area (Å²) >= 11 is 0. The van der Waals surface area contributed by atoms with Gasteiger partial charge in [0, 0.05) is 32.1 Å². The Balaban J connectivity index is 1.59. The van der Waals surface area contributed by atoms with E-state index < -0.39 is 0 Å². The van der Waals surface area contributed by atoms with Crippen molar-refractivity contribution < 1.29 is 9.53 Å². The van der Waals surface area contributed by atoms with Gasteiger partial charge in [0.15, 0.2) is 0 Å². The van der Waals surface area contributed by atoms with Crippen LogP contribution in [0.3, 0.4) is 0 Å². The number of rotatable bonds is 4. The molecule has 2 aliphatic rings. The Bertz CT molecular complexity index is 259. The standard InChI is InChI=1S/C13H25N3O2/c1-15-5-2-12(3-6-15)14-13(17)4-7-16-8-10-18-11-9-16/h12H,2-11H2,1H3,(H,14,17). The van der Waals surface area contributed by atoms with Crippen molar-refractivity contribution in [2.75, 3.05) is 53.0 Å². The molecule has 0 atom stereocenters. The van der Waals surface area contributed by atoms with Crippen LogP contribution in [0.25, 0.3) is 0 Å². The van der Waals surface area contributed by atoms with E-state index >= 15 is 0 Å². The van der Waals surface area contributed by atoms with Crippen LogP contribution in [0.1, 0.15) is 19.3 Å². The number of piperidine rings is 1. The van der Waals surface area contributed by atoms with Crippen LogP contribution in [0.15, 0.2) is 0 Å². The van der Waals surface area contributed by atoms with E-state index in [-0.39, 0.29) is 5.91 Å². The van der Waals surface area contributed by atoms with Crippen molar-refractivity contribution in [1.82, 2.24) is 15.1 Å². The summed E-state index contributed by atoms with van der Waals surface area (Å²) in [5.74, 6) is 0.205. The molecule has 5 nitrogen and oxygen atoms in total. The van der Waals surface area contributed by atoms with Crippen LogP contribution < -0.4 is 5.32 Å². The highest BCUT2D eigenvalue weighted by molar-refractivity contribution is 5.76. The van der Waals surface area contributed by atoms with Crippen LogP contribution in [-0.4, -0.2) is 74.7 Å². The van der Waals surface area contributed by atoms with Gasteiger partial charge >= 0.3 is 0 Å². The molecule has 0 aromatic carbocycles. The molecule has 0 spiro atoms. The summed E-state index contributed by atoms with van der Waals surface area (Å²) in [6, 6.07) is 0.387. The molecule has 0 bridgehead atoms. The van der Waals surface area contributed by atoms with Crippen molar-refractivity contribution in [2.24, 2.45) is 0 Å². The average Bonchev–Trinajstić information content (AvgIpc) is 2.40. The number of nitrogens with one attached hydrogen (secondary N) is 1. The fourth-order valence-electron chi connectivity index (χ4n) is 2.54. The summed E-state index contributed by atoms with van der Waals surface area (Å²) < 4.78 is 5.29. The van der Waals surface area contributed by atoms with Crippen LogP contribution in [0.5, 0.6) is 0 Å². The van der Waals surface area contributed by atoms with E-state index in [2.05, 4.69) is 22.2 Å². The molecule has 1 N–H and O–H groups in total. The summed E-state index contributed by atoms with van der Waals surface area (Å²) in [6.45, 7) is 6.57. The SMILES string of the molecule is CN1CCC(NC(=O)CCN2CCOCC2)CC1. The van der Waals surface area contributed by atoms with Gasteiger partial charge in [-0.05, 0) is 33.0 Å². The number of likely N-dealkylation sites (tertiary alicyclic amines) is 1. The molecule has 2 rings (SSSR count). The summed E-state index contributed by atoms with van der Waals surface area (Å²) in [5.41, 5.74) is 0. The fourth-order valence-corrected chi connectivity index (χ4v) is 2.54. The third-order valence-electron chi connectivity index (χ3n) is 3.84. The van der Waals surface area contributed by atoms with Gasteiger partial charge in [0.2, 0.25) is 5.91 Å². The van der Waals surface area contributed by atoms with Gasteiger partial charge in [-0.3, -0.25) is 9.69 Å². The Kier molecular flexibility index (Phi) is 5.41. The minimum atomic E-state index is 0.205. The number of morpholine rings is 1. The topological polar surface area (TPSA) is 44.8 Å². The van der Waals surface area contributed by atoms with E-state index in [4.69, 9.17) is 4.74 Å². The number of hydrogen-bond donors (Lipinski definition) is 1. The van der Waals surface area contributed by atoms with Gasteiger partial charge in [-0.2, -0.15) is 0 Å². The van der Waals surface area contributed by atoms with Gasteiger partial charge < -0.3 is 15.0 Å². The van der Waals surface area contributed by atoms with Gasteiger partial charge in [0.1, 0.15) is 0 Å². The molecular weight excluding hydrogens is 230 g/mol. The predicted molar refractivity (Wildman–Crippen MR) is 70.5 cm³/mol. The zero-order valence-electron chi connectivity index (χ0n) is 11.4. The van der Waals surface area contributed by atoms with Gasteiger partial charge in [-0.1, -0.05) is 0 Å². The molecular formula is C13H25N3O2. The first-order valence-corrected chi connectivity index (χ1v) is 7.02. The Morgan fingerprint density at radius 1 is 1.22 bits per heavy atom. The van der Waals surface area contributed by atoms with E-state index in [0.29, 0.717) is 12.5 Å². The van der Waals surface area contributed by atoms with E-state index in [1.165, 1.54) is 0 Å². The van der Waals surface area contributed by atoms with Crippen molar-refractivity contribution in [3.05, 3.63) is 0 Å². The zero-order valence-corrected chi connectivity index (χ0v) is 11.4. The average molecular weight is 255 g/mol. The van der Waals surface area contributed by atoms with E-state index in [1.807, 2.05) is 0 Å². The van der Waals surface area contributed by atoms with Crippen molar-refractivity contribution in [3.8, 4) is 0 Å². The van der Waals surface area contributed by atoms with Gasteiger partial charge in [-0.15, -0.1) is 0 Å². The quantitative estimate of drug-likeness (QED) is 0.763. The smallest absolute Gasteiger partial charge is 0.221 e. The molecule has 0 saturated carbocycles. The first-order valence-electron chi connectivity index (χ1n) is 7.02. The molecule has 0 aromatic heterocycles. The van der Waals surface area contributed by atoms with Crippen molar-refractivity contribution in [3.63, 3.8) is 0 Å². The molecule has 2 aliphatic heterocycles. The van der Waals surface area contributed by atoms with Crippen LogP contribution in [0.2, 0.25) is 0 Å². The number of nitrogens with zero attached hydrogens (tertiary/aromatic N) is 2. The predicted octanol–water partition coefficient (Wildman–Crippen LogP) is -0.0809. The summed E-state index contributed by atoms with van der Waals surface area (Å²) in [7, 11) is 2.14. The molecule has 2 heterocycles. The van der Waals surface area contributed by atoms with E-state index in [0.717, 1.165) is 58.8 Å². The highest BCUT2D eigenvalue weighted by Gasteiger charge is 2.19. The first-order chi connectivity index (χ1) is 8.74. The first kappa shape index (κ1) is 13.8. The van der Waals surface area contributed by atoms with Crippen molar-refractivity contribution in [1.29, 1.82) is 0 Å². The van der Waals surface area contributed by atoms with Crippen molar-refractivity contribution in [2.45, 2.75) is 25.3 Å². The highest BCUT2D eigenvalue weighted by Crippen LogP contribution is 2.08. The molecule has 1 amide bonds. The van der Waals surface area contributed by atoms with Gasteiger partial charge in [0.05, 0.1) is 13.2 Å². The Hall–Kier alpha value is -0.650. The monoisotopic (exact) mass is 255 g/mol. The third-order valence-corrected chi connectivity index (χ3v) is 3.84. The zero-order chi connectivity index (χ0) is 12.8. The third kappa shape index (κ3) is 4.55. The summed E-state index contributed by atoms with van der Waals surface area (Å²) in [5, 5.41) is 3.16. The van der Waals surface area contributed by atoms with Crippen LogP contribution in [0, 0.1) is 0 Å². The van der Waals surface area contributed by atoms with E-state index in [1.54, 1.807) is 0 Å². The second-order valence-corrected chi connectivity index (χ2v) is 5.35. The normalized spacial score (nSPS) is 24.1. The molecule has 0 aliphatic carbocycles. The maximum absolute atomic E-state index is 11.9. The van der Waals surface area contributed by atoms with Crippen molar-refractivity contribution >= 4 is 5.91 Å². The Morgan fingerprint density at radius 2 is 1.89 bits per heavy atom. The summed E-state index contributed by atoms with van der Waals surface area (Å²) in [4.78, 5) is 16.5. The Morgan fingerprint density at radius 3 is 2.56 bits per heavy atom. The number of carbonyl (C=O) groups is 1. The van der Waals surface area contributed by atoms with Crippen LogP contribution >= 0.6 is 0 Å². The van der Waals surface area contributed by atoms with Crippen LogP contribution in [-0.2, 0) is 9.53 Å². The minimum absolute atomic E-state index is 0.205. The molecule has 0 radical (unpaired) electrons. The Labute approximate surface area is 109 Å².